The van der Waals surface area contributed by atoms with Gasteiger partial charge in [0.05, 0.1) is 5.57 Å². The van der Waals surface area contributed by atoms with E-state index in [1.807, 2.05) is 30.3 Å². The Morgan fingerprint density at radius 2 is 1.84 bits per heavy atom. The van der Waals surface area contributed by atoms with Crippen molar-refractivity contribution < 1.29 is 31.8 Å². The summed E-state index contributed by atoms with van der Waals surface area (Å²) in [5.74, 6) is -1.53. The number of halogens is 4. The van der Waals surface area contributed by atoms with Crippen LogP contribution in [0.5, 0.6) is 5.75 Å². The molecule has 3 rings (SSSR count). The molecule has 0 saturated carbocycles. The molecule has 3 nitrogen and oxygen atoms in total. The minimum absolute atomic E-state index is 0.0296. The molecule has 0 aromatic heterocycles. The summed E-state index contributed by atoms with van der Waals surface area (Å²) in [6, 6.07) is 14.3. The number of benzene rings is 2. The van der Waals surface area contributed by atoms with Crippen molar-refractivity contribution in [1.29, 1.82) is 0 Å². The van der Waals surface area contributed by atoms with Crippen LogP contribution in [0.2, 0.25) is 0 Å². The fourth-order valence-corrected chi connectivity index (χ4v) is 3.42. The predicted molar refractivity (Wildman–Crippen MR) is 109 cm³/mol. The second kappa shape index (κ2) is 9.98. The highest BCUT2D eigenvalue weighted by molar-refractivity contribution is 5.97. The van der Waals surface area contributed by atoms with Gasteiger partial charge in [0.1, 0.15) is 18.2 Å². The van der Waals surface area contributed by atoms with Gasteiger partial charge in [-0.3, -0.25) is 0 Å². The number of esters is 1. The summed E-state index contributed by atoms with van der Waals surface area (Å²) in [4.78, 5) is 12.3. The maximum atomic E-state index is 14.9. The highest BCUT2D eigenvalue weighted by Crippen LogP contribution is 2.36. The van der Waals surface area contributed by atoms with Crippen molar-refractivity contribution >= 4 is 11.8 Å². The Hall–Kier alpha value is -2.83. The first kappa shape index (κ1) is 22.8. The van der Waals surface area contributed by atoms with E-state index in [0.29, 0.717) is 30.8 Å². The highest BCUT2D eigenvalue weighted by Gasteiger charge is 2.43. The molecule has 0 unspecified atom stereocenters. The molecule has 0 N–H and O–H groups in total. The Morgan fingerprint density at radius 3 is 2.52 bits per heavy atom. The molecule has 31 heavy (non-hydrogen) atoms. The zero-order valence-corrected chi connectivity index (χ0v) is 17.2. The number of fused-ring (bicyclic) bond motifs is 1. The molecular weight excluding hydrogens is 412 g/mol. The van der Waals surface area contributed by atoms with Crippen LogP contribution in [-0.4, -0.2) is 18.2 Å². The van der Waals surface area contributed by atoms with Crippen molar-refractivity contribution in [2.24, 2.45) is 0 Å². The Balaban J connectivity index is 1.72. The number of hydrogen-bond acceptors (Lipinski definition) is 3. The third-order valence-electron chi connectivity index (χ3n) is 5.15. The normalized spacial score (nSPS) is 14.7. The minimum atomic E-state index is -4.68. The van der Waals surface area contributed by atoms with Crippen molar-refractivity contribution in [3.05, 3.63) is 70.8 Å². The van der Waals surface area contributed by atoms with E-state index < -0.39 is 24.1 Å². The summed E-state index contributed by atoms with van der Waals surface area (Å²) in [7, 11) is 0. The molecule has 0 bridgehead atoms. The van der Waals surface area contributed by atoms with Gasteiger partial charge in [-0.25, -0.2) is 9.18 Å². The molecule has 2 aromatic carbocycles. The van der Waals surface area contributed by atoms with E-state index in [2.05, 4.69) is 4.74 Å². The number of unbranched alkanes of at least 4 members (excludes halogenated alkanes) is 1. The fourth-order valence-electron chi connectivity index (χ4n) is 3.42. The number of carbonyl (C=O) groups excluding carboxylic acids is 1. The van der Waals surface area contributed by atoms with Crippen LogP contribution < -0.4 is 4.74 Å². The van der Waals surface area contributed by atoms with Crippen LogP contribution in [0.15, 0.2) is 54.1 Å². The quantitative estimate of drug-likeness (QED) is 0.347. The van der Waals surface area contributed by atoms with Crippen LogP contribution in [0.25, 0.3) is 5.83 Å². The molecular formula is C24H24F4O3. The summed E-state index contributed by atoms with van der Waals surface area (Å²) in [6.45, 7) is 2.10. The smallest absolute Gasteiger partial charge is 0.425 e. The van der Waals surface area contributed by atoms with Gasteiger partial charge in [0.2, 0.25) is 0 Å². The van der Waals surface area contributed by atoms with Gasteiger partial charge in [0.15, 0.2) is 6.10 Å². The van der Waals surface area contributed by atoms with E-state index in [1.54, 1.807) is 19.1 Å². The van der Waals surface area contributed by atoms with E-state index >= 15 is 0 Å². The molecule has 0 fully saturated rings. The third kappa shape index (κ3) is 5.87. The Bertz CT molecular complexity index is 936. The van der Waals surface area contributed by atoms with Crippen LogP contribution in [-0.2, 0) is 22.6 Å². The lowest BCUT2D eigenvalue weighted by atomic mass is 9.91. The summed E-state index contributed by atoms with van der Waals surface area (Å²) in [5.41, 5.74) is 1.45. The second-order valence-electron chi connectivity index (χ2n) is 7.46. The van der Waals surface area contributed by atoms with Gasteiger partial charge >= 0.3 is 12.1 Å². The predicted octanol–water partition coefficient (Wildman–Crippen LogP) is 6.56. The summed E-state index contributed by atoms with van der Waals surface area (Å²) >= 11 is 0. The van der Waals surface area contributed by atoms with Crippen molar-refractivity contribution in [1.82, 2.24) is 0 Å². The molecule has 0 saturated heterocycles. The van der Waals surface area contributed by atoms with Crippen LogP contribution in [0, 0.1) is 0 Å². The Labute approximate surface area is 178 Å². The lowest BCUT2D eigenvalue weighted by Gasteiger charge is -2.23. The van der Waals surface area contributed by atoms with E-state index in [-0.39, 0.29) is 30.4 Å². The molecule has 0 spiro atoms. The molecule has 7 heteroatoms. The van der Waals surface area contributed by atoms with Gasteiger partial charge < -0.3 is 9.47 Å². The van der Waals surface area contributed by atoms with Crippen molar-refractivity contribution in [3.63, 3.8) is 0 Å². The van der Waals surface area contributed by atoms with Gasteiger partial charge in [-0.15, -0.1) is 0 Å². The number of rotatable bonds is 8. The Morgan fingerprint density at radius 1 is 1.10 bits per heavy atom. The summed E-state index contributed by atoms with van der Waals surface area (Å²) in [6.07, 6.45) is -6.18. The van der Waals surface area contributed by atoms with Gasteiger partial charge in [0, 0.05) is 5.56 Å². The molecule has 0 aliphatic heterocycles. The SMILES string of the molecule is CCCC[C@@H](OC(=O)C1=C(F)c2ccc(OCc3ccccc3)cc2CC1)C(F)(F)F. The van der Waals surface area contributed by atoms with Crippen LogP contribution in [0.4, 0.5) is 17.6 Å². The van der Waals surface area contributed by atoms with Crippen molar-refractivity contribution in [3.8, 4) is 5.75 Å². The second-order valence-corrected chi connectivity index (χ2v) is 7.46. The number of aryl methyl sites for hydroxylation is 1. The van der Waals surface area contributed by atoms with E-state index in [1.165, 1.54) is 6.07 Å². The highest BCUT2D eigenvalue weighted by atomic mass is 19.4. The monoisotopic (exact) mass is 436 g/mol. The minimum Gasteiger partial charge on any atom is -0.489 e. The molecule has 0 amide bonds. The van der Waals surface area contributed by atoms with Crippen LogP contribution >= 0.6 is 0 Å². The maximum Gasteiger partial charge on any atom is 0.425 e. The zero-order valence-electron chi connectivity index (χ0n) is 17.2. The third-order valence-corrected chi connectivity index (χ3v) is 5.15. The lowest BCUT2D eigenvalue weighted by Crippen LogP contribution is -2.34. The average Bonchev–Trinajstić information content (AvgIpc) is 2.75. The first-order valence-corrected chi connectivity index (χ1v) is 10.3. The molecule has 1 aliphatic rings. The standard InChI is InChI=1S/C24H24F4O3/c1-2-3-9-21(24(26,27)28)31-23(29)20-12-10-17-14-18(11-13-19(17)22(20)25)30-15-16-7-5-4-6-8-16/h4-8,11,13-14,21H,2-3,9-10,12,15H2,1H3/t21-/m1/s1. The zero-order chi connectivity index (χ0) is 22.4. The average molecular weight is 436 g/mol. The Kier molecular flexibility index (Phi) is 7.36. The summed E-state index contributed by atoms with van der Waals surface area (Å²) < 4.78 is 64.8. The fraction of sp³-hybridized carbons (Fsp3) is 0.375. The van der Waals surface area contributed by atoms with Crippen molar-refractivity contribution in [2.45, 2.75) is 57.9 Å². The van der Waals surface area contributed by atoms with Crippen LogP contribution in [0.3, 0.4) is 0 Å². The van der Waals surface area contributed by atoms with E-state index in [9.17, 15) is 22.4 Å². The lowest BCUT2D eigenvalue weighted by molar-refractivity contribution is -0.220. The van der Waals surface area contributed by atoms with Gasteiger partial charge in [0.25, 0.3) is 0 Å². The largest absolute Gasteiger partial charge is 0.489 e. The molecule has 1 aliphatic carbocycles. The van der Waals surface area contributed by atoms with Crippen molar-refractivity contribution in [2.75, 3.05) is 0 Å². The summed E-state index contributed by atoms with van der Waals surface area (Å²) in [5, 5.41) is 0. The number of hydrogen-bond donors (Lipinski definition) is 0. The van der Waals surface area contributed by atoms with Gasteiger partial charge in [-0.2, -0.15) is 13.2 Å². The van der Waals surface area contributed by atoms with Crippen LogP contribution in [0.1, 0.15) is 49.3 Å². The van der Waals surface area contributed by atoms with E-state index in [4.69, 9.17) is 4.74 Å². The van der Waals surface area contributed by atoms with Gasteiger partial charge in [-0.1, -0.05) is 43.7 Å². The molecule has 2 aromatic rings. The topological polar surface area (TPSA) is 35.5 Å². The molecule has 0 heterocycles. The molecule has 0 radical (unpaired) electrons. The first-order chi connectivity index (χ1) is 14.8. The van der Waals surface area contributed by atoms with Gasteiger partial charge in [-0.05, 0) is 55.0 Å². The number of ether oxygens (including phenoxy) is 2. The molecule has 166 valence electrons. The first-order valence-electron chi connectivity index (χ1n) is 10.3. The number of alkyl halides is 3. The number of carbonyl (C=O) groups is 1. The maximum absolute atomic E-state index is 14.9. The van der Waals surface area contributed by atoms with E-state index in [0.717, 1.165) is 5.56 Å². The molecule has 1 atom stereocenters.